The number of alkyl halides is 3. The number of sulfonamides is 1. The highest BCUT2D eigenvalue weighted by Gasteiger charge is 2.46. The molecule has 0 saturated carbocycles. The predicted molar refractivity (Wildman–Crippen MR) is 88.9 cm³/mol. The van der Waals surface area contributed by atoms with E-state index in [1.807, 2.05) is 0 Å². The number of nitrogens with one attached hydrogen (secondary N) is 1. The number of halogens is 3. The van der Waals surface area contributed by atoms with Crippen LogP contribution in [0.25, 0.3) is 0 Å². The molecule has 2 aromatic rings. The third-order valence-corrected chi connectivity index (χ3v) is 4.31. The molecule has 25 heavy (non-hydrogen) atoms. The second-order valence-corrected chi connectivity index (χ2v) is 6.76. The molecule has 0 radical (unpaired) electrons. The summed E-state index contributed by atoms with van der Waals surface area (Å²) in [4.78, 5) is 4.79. The summed E-state index contributed by atoms with van der Waals surface area (Å²) < 4.78 is 62.6. The van der Waals surface area contributed by atoms with Crippen molar-refractivity contribution in [2.75, 3.05) is 11.8 Å². The maximum Gasteiger partial charge on any atom is 0.516 e. The molecule has 0 aliphatic carbocycles. The van der Waals surface area contributed by atoms with Crippen molar-refractivity contribution in [1.29, 1.82) is 0 Å². The van der Waals surface area contributed by atoms with Crippen molar-refractivity contribution in [3.05, 3.63) is 65.2 Å². The number of rotatable bonds is 5. The third-order valence-electron chi connectivity index (χ3n) is 3.21. The standard InChI is InChI=1S/C16H15F3N2O3S/c1-11-8-9-14(21-25(22,23)16(17,18)19)13(10-11)15(20-24-2)12-6-4-3-5-7-12/h3-10,21H,1-2H3/b20-15+. The number of anilines is 1. The Kier molecular flexibility index (Phi) is 5.36. The van der Waals surface area contributed by atoms with Crippen molar-refractivity contribution < 1.29 is 26.4 Å². The fraction of sp³-hybridized carbons (Fsp3) is 0.188. The molecule has 0 fully saturated rings. The highest BCUT2D eigenvalue weighted by atomic mass is 32.2. The average Bonchev–Trinajstić information content (AvgIpc) is 2.54. The molecule has 0 bridgehead atoms. The van der Waals surface area contributed by atoms with E-state index in [9.17, 15) is 21.6 Å². The van der Waals surface area contributed by atoms with Crippen molar-refractivity contribution in [3.8, 4) is 0 Å². The predicted octanol–water partition coefficient (Wildman–Crippen LogP) is 3.66. The molecular formula is C16H15F3N2O3S. The molecule has 0 aliphatic heterocycles. The fourth-order valence-electron chi connectivity index (χ4n) is 2.09. The molecule has 0 aromatic heterocycles. The van der Waals surface area contributed by atoms with Crippen LogP contribution in [0.3, 0.4) is 0 Å². The van der Waals surface area contributed by atoms with E-state index >= 15 is 0 Å². The van der Waals surface area contributed by atoms with Crippen molar-refractivity contribution in [3.63, 3.8) is 0 Å². The summed E-state index contributed by atoms with van der Waals surface area (Å²) in [7, 11) is -4.27. The molecule has 1 N–H and O–H groups in total. The average molecular weight is 372 g/mol. The van der Waals surface area contributed by atoms with E-state index in [1.54, 1.807) is 42.0 Å². The SMILES string of the molecule is CO/N=C(\c1ccccc1)c1cc(C)ccc1NS(=O)(=O)C(F)(F)F. The van der Waals surface area contributed by atoms with Gasteiger partial charge < -0.3 is 4.84 Å². The molecule has 0 saturated heterocycles. The van der Waals surface area contributed by atoms with Crippen molar-refractivity contribution in [2.45, 2.75) is 12.4 Å². The van der Waals surface area contributed by atoms with Gasteiger partial charge in [-0.3, -0.25) is 4.72 Å². The number of hydrogen-bond donors (Lipinski definition) is 1. The lowest BCUT2D eigenvalue weighted by Gasteiger charge is -2.16. The van der Waals surface area contributed by atoms with Crippen molar-refractivity contribution in [2.24, 2.45) is 5.16 Å². The van der Waals surface area contributed by atoms with E-state index < -0.39 is 15.5 Å². The first-order valence-corrected chi connectivity index (χ1v) is 8.50. The van der Waals surface area contributed by atoms with E-state index in [-0.39, 0.29) is 17.0 Å². The van der Waals surface area contributed by atoms with Crippen LogP contribution in [0, 0.1) is 6.92 Å². The normalized spacial score (nSPS) is 12.8. The van der Waals surface area contributed by atoms with Gasteiger partial charge in [0.2, 0.25) is 0 Å². The monoisotopic (exact) mass is 372 g/mol. The highest BCUT2D eigenvalue weighted by Crippen LogP contribution is 2.29. The second-order valence-electron chi connectivity index (χ2n) is 5.09. The summed E-state index contributed by atoms with van der Waals surface area (Å²) in [5.74, 6) is 0. The Morgan fingerprint density at radius 3 is 2.32 bits per heavy atom. The van der Waals surface area contributed by atoms with Crippen LogP contribution in [0.4, 0.5) is 18.9 Å². The van der Waals surface area contributed by atoms with E-state index in [2.05, 4.69) is 5.16 Å². The summed E-state index contributed by atoms with van der Waals surface area (Å²) in [6.45, 7) is 1.72. The van der Waals surface area contributed by atoms with Crippen LogP contribution in [0.2, 0.25) is 0 Å². The van der Waals surface area contributed by atoms with Gasteiger partial charge in [0.05, 0.1) is 5.69 Å². The van der Waals surface area contributed by atoms with Crippen LogP contribution in [0.1, 0.15) is 16.7 Å². The van der Waals surface area contributed by atoms with Gasteiger partial charge in [-0.2, -0.15) is 21.6 Å². The van der Waals surface area contributed by atoms with Gasteiger partial charge in [-0.25, -0.2) is 0 Å². The van der Waals surface area contributed by atoms with Gasteiger partial charge >= 0.3 is 15.5 Å². The van der Waals surface area contributed by atoms with Gasteiger partial charge in [-0.1, -0.05) is 47.1 Å². The number of benzene rings is 2. The van der Waals surface area contributed by atoms with Gasteiger partial charge in [-0.15, -0.1) is 0 Å². The summed E-state index contributed by atoms with van der Waals surface area (Å²) in [6.07, 6.45) is 0. The number of aryl methyl sites for hydroxylation is 1. The minimum Gasteiger partial charge on any atom is -0.399 e. The molecule has 9 heteroatoms. The zero-order valence-corrected chi connectivity index (χ0v) is 14.1. The van der Waals surface area contributed by atoms with Gasteiger partial charge in [0, 0.05) is 11.1 Å². The maximum absolute atomic E-state index is 12.7. The summed E-state index contributed by atoms with van der Waals surface area (Å²) in [5.41, 5.74) is -4.04. The minimum absolute atomic E-state index is 0.167. The molecule has 0 atom stereocenters. The van der Waals surface area contributed by atoms with Crippen molar-refractivity contribution in [1.82, 2.24) is 0 Å². The summed E-state index contributed by atoms with van der Waals surface area (Å²) in [6, 6.07) is 12.8. The van der Waals surface area contributed by atoms with Gasteiger partial charge in [0.1, 0.15) is 12.8 Å². The topological polar surface area (TPSA) is 67.8 Å². The quantitative estimate of drug-likeness (QED) is 0.643. The van der Waals surface area contributed by atoms with Crippen LogP contribution < -0.4 is 4.72 Å². The van der Waals surface area contributed by atoms with Crippen LogP contribution in [0.5, 0.6) is 0 Å². The summed E-state index contributed by atoms with van der Waals surface area (Å²) in [5, 5.41) is 3.86. The van der Waals surface area contributed by atoms with Gasteiger partial charge in [0.15, 0.2) is 0 Å². The van der Waals surface area contributed by atoms with Crippen LogP contribution in [-0.4, -0.2) is 26.7 Å². The fourth-order valence-corrected chi connectivity index (χ4v) is 2.67. The number of hydrogen-bond acceptors (Lipinski definition) is 4. The summed E-state index contributed by atoms with van der Waals surface area (Å²) >= 11 is 0. The molecule has 0 heterocycles. The number of oxime groups is 1. The Labute approximate surface area is 143 Å². The molecule has 0 unspecified atom stereocenters. The lowest BCUT2D eigenvalue weighted by molar-refractivity contribution is -0.0429. The minimum atomic E-state index is -5.56. The van der Waals surface area contributed by atoms with E-state index in [4.69, 9.17) is 4.84 Å². The first-order valence-electron chi connectivity index (χ1n) is 7.02. The van der Waals surface area contributed by atoms with E-state index in [0.717, 1.165) is 0 Å². The first kappa shape index (κ1) is 18.8. The third kappa shape index (κ3) is 4.30. The lowest BCUT2D eigenvalue weighted by Crippen LogP contribution is -2.30. The number of nitrogens with zero attached hydrogens (tertiary/aromatic N) is 1. The largest absolute Gasteiger partial charge is 0.516 e. The molecule has 0 aliphatic rings. The molecule has 0 spiro atoms. The molecule has 2 aromatic carbocycles. The zero-order valence-electron chi connectivity index (χ0n) is 13.3. The smallest absolute Gasteiger partial charge is 0.399 e. The van der Waals surface area contributed by atoms with E-state index in [0.29, 0.717) is 11.1 Å². The molecule has 5 nitrogen and oxygen atoms in total. The Hall–Kier alpha value is -2.55. The van der Waals surface area contributed by atoms with Crippen molar-refractivity contribution >= 4 is 21.4 Å². The van der Waals surface area contributed by atoms with Crippen LogP contribution >= 0.6 is 0 Å². The Balaban J connectivity index is 2.61. The highest BCUT2D eigenvalue weighted by molar-refractivity contribution is 7.93. The lowest BCUT2D eigenvalue weighted by atomic mass is 9.99. The molecule has 2 rings (SSSR count). The van der Waals surface area contributed by atoms with Gasteiger partial charge in [-0.05, 0) is 19.1 Å². The first-order chi connectivity index (χ1) is 11.7. The Morgan fingerprint density at radius 2 is 1.76 bits per heavy atom. The second kappa shape index (κ2) is 7.14. The Morgan fingerprint density at radius 1 is 1.12 bits per heavy atom. The van der Waals surface area contributed by atoms with E-state index in [1.165, 1.54) is 25.3 Å². The van der Waals surface area contributed by atoms with Crippen LogP contribution in [-0.2, 0) is 14.9 Å². The van der Waals surface area contributed by atoms with Crippen LogP contribution in [0.15, 0.2) is 53.7 Å². The maximum atomic E-state index is 12.7. The van der Waals surface area contributed by atoms with Gasteiger partial charge in [0.25, 0.3) is 0 Å². The molecular weight excluding hydrogens is 357 g/mol. The zero-order chi connectivity index (χ0) is 18.7. The molecule has 134 valence electrons. The molecule has 0 amide bonds. The Bertz CT molecular complexity index is 879.